The number of aromatic amines is 1. The highest BCUT2D eigenvalue weighted by atomic mass is 16.1. The Bertz CT molecular complexity index is 721. The number of rotatable bonds is 3. The summed E-state index contributed by atoms with van der Waals surface area (Å²) in [6, 6.07) is 10.1. The van der Waals surface area contributed by atoms with Crippen molar-refractivity contribution >= 4 is 10.9 Å². The Morgan fingerprint density at radius 1 is 1.22 bits per heavy atom. The van der Waals surface area contributed by atoms with Gasteiger partial charge in [0.2, 0.25) is 0 Å². The fourth-order valence-corrected chi connectivity index (χ4v) is 2.14. The molecule has 0 unspecified atom stereocenters. The van der Waals surface area contributed by atoms with Crippen LogP contribution in [0.3, 0.4) is 0 Å². The van der Waals surface area contributed by atoms with Crippen molar-refractivity contribution in [1.82, 2.24) is 14.5 Å². The molecule has 3 rings (SSSR count). The number of para-hydroxylation sites is 1. The summed E-state index contributed by atoms with van der Waals surface area (Å²) in [6.07, 6.45) is 6.02. The van der Waals surface area contributed by atoms with E-state index in [0.29, 0.717) is 6.54 Å². The third-order valence-electron chi connectivity index (χ3n) is 3.06. The van der Waals surface area contributed by atoms with Crippen molar-refractivity contribution in [3.8, 4) is 0 Å². The molecule has 2 aromatic heterocycles. The van der Waals surface area contributed by atoms with Gasteiger partial charge >= 0.3 is 5.69 Å². The summed E-state index contributed by atoms with van der Waals surface area (Å²) in [6.45, 7) is 0.665. The van der Waals surface area contributed by atoms with Gasteiger partial charge in [0.1, 0.15) is 0 Å². The van der Waals surface area contributed by atoms with Gasteiger partial charge in [-0.15, -0.1) is 0 Å². The van der Waals surface area contributed by atoms with Gasteiger partial charge < -0.3 is 4.98 Å². The maximum atomic E-state index is 11.4. The molecule has 0 radical (unpaired) electrons. The van der Waals surface area contributed by atoms with Crippen LogP contribution < -0.4 is 5.69 Å². The molecule has 90 valence electrons. The molecule has 0 spiro atoms. The van der Waals surface area contributed by atoms with Crippen LogP contribution in [-0.4, -0.2) is 14.5 Å². The second-order valence-electron chi connectivity index (χ2n) is 4.20. The topological polar surface area (TPSA) is 50.7 Å². The Balaban J connectivity index is 1.91. The van der Waals surface area contributed by atoms with E-state index >= 15 is 0 Å². The van der Waals surface area contributed by atoms with Gasteiger partial charge in [-0.2, -0.15) is 0 Å². The number of pyridine rings is 1. The minimum absolute atomic E-state index is 0.0665. The molecular formula is C14H13N3O. The molecule has 0 fully saturated rings. The lowest BCUT2D eigenvalue weighted by Gasteiger charge is -2.05. The Morgan fingerprint density at radius 2 is 2.11 bits per heavy atom. The van der Waals surface area contributed by atoms with Gasteiger partial charge in [-0.05, 0) is 18.1 Å². The Kier molecular flexibility index (Phi) is 2.68. The van der Waals surface area contributed by atoms with Crippen LogP contribution in [0.15, 0.2) is 53.7 Å². The number of fused-ring (bicyclic) bond motifs is 1. The number of imidazole rings is 1. The number of nitrogens with zero attached hydrogens (tertiary/aromatic N) is 2. The molecule has 4 heteroatoms. The third kappa shape index (κ3) is 1.93. The second-order valence-corrected chi connectivity index (χ2v) is 4.20. The van der Waals surface area contributed by atoms with Gasteiger partial charge in [0, 0.05) is 30.5 Å². The van der Waals surface area contributed by atoms with E-state index in [9.17, 15) is 4.79 Å². The van der Waals surface area contributed by atoms with E-state index in [-0.39, 0.29) is 5.69 Å². The van der Waals surface area contributed by atoms with Crippen LogP contribution in [0, 0.1) is 0 Å². The molecule has 0 saturated carbocycles. The van der Waals surface area contributed by atoms with Gasteiger partial charge in [-0.1, -0.05) is 24.3 Å². The first kappa shape index (κ1) is 10.8. The van der Waals surface area contributed by atoms with Crippen molar-refractivity contribution in [2.24, 2.45) is 0 Å². The van der Waals surface area contributed by atoms with Crippen LogP contribution in [0.1, 0.15) is 5.56 Å². The second kappa shape index (κ2) is 4.49. The molecule has 0 bridgehead atoms. The van der Waals surface area contributed by atoms with Crippen LogP contribution in [0.4, 0.5) is 0 Å². The van der Waals surface area contributed by atoms with Crippen LogP contribution in [0.5, 0.6) is 0 Å². The van der Waals surface area contributed by atoms with E-state index in [1.165, 1.54) is 5.56 Å². The van der Waals surface area contributed by atoms with Gasteiger partial charge in [0.05, 0.1) is 5.52 Å². The molecule has 0 amide bonds. The number of aryl methyl sites for hydroxylation is 2. The van der Waals surface area contributed by atoms with Gasteiger partial charge in [-0.3, -0.25) is 9.55 Å². The third-order valence-corrected chi connectivity index (χ3v) is 3.06. The zero-order valence-corrected chi connectivity index (χ0v) is 9.84. The molecule has 3 aromatic rings. The van der Waals surface area contributed by atoms with Crippen molar-refractivity contribution in [2.75, 3.05) is 0 Å². The van der Waals surface area contributed by atoms with E-state index in [1.807, 2.05) is 24.3 Å². The smallest absolute Gasteiger partial charge is 0.313 e. The molecule has 0 atom stereocenters. The zero-order valence-electron chi connectivity index (χ0n) is 9.84. The predicted molar refractivity (Wildman–Crippen MR) is 70.5 cm³/mol. The van der Waals surface area contributed by atoms with Crippen LogP contribution in [-0.2, 0) is 13.0 Å². The van der Waals surface area contributed by atoms with Crippen LogP contribution in [0.2, 0.25) is 0 Å². The molecule has 4 nitrogen and oxygen atoms in total. The lowest BCUT2D eigenvalue weighted by Crippen LogP contribution is -2.17. The summed E-state index contributed by atoms with van der Waals surface area (Å²) in [5.74, 6) is 0. The summed E-state index contributed by atoms with van der Waals surface area (Å²) >= 11 is 0. The van der Waals surface area contributed by atoms with E-state index in [4.69, 9.17) is 0 Å². The molecule has 0 aliphatic rings. The number of nitrogens with one attached hydrogen (secondary N) is 1. The molecule has 0 aliphatic carbocycles. The zero-order chi connectivity index (χ0) is 12.4. The fourth-order valence-electron chi connectivity index (χ4n) is 2.14. The standard InChI is InChI=1S/C14H13N3O/c18-14-16-8-10-17(14)9-6-12-4-1-3-11-5-2-7-15-13(11)12/h1-5,7-8,10H,6,9H2,(H,16,18). The Labute approximate surface area is 104 Å². The van der Waals surface area contributed by atoms with Crippen molar-refractivity contribution in [2.45, 2.75) is 13.0 Å². The molecule has 1 N–H and O–H groups in total. The number of hydrogen-bond acceptors (Lipinski definition) is 2. The summed E-state index contributed by atoms with van der Waals surface area (Å²) in [5, 5.41) is 1.14. The highest BCUT2D eigenvalue weighted by Crippen LogP contribution is 2.16. The van der Waals surface area contributed by atoms with Crippen LogP contribution in [0.25, 0.3) is 10.9 Å². The fraction of sp³-hybridized carbons (Fsp3) is 0.143. The molecule has 1 aromatic carbocycles. The lowest BCUT2D eigenvalue weighted by molar-refractivity contribution is 0.673. The number of benzene rings is 1. The molecule has 2 heterocycles. The van der Waals surface area contributed by atoms with Gasteiger partial charge in [-0.25, -0.2) is 4.79 Å². The summed E-state index contributed by atoms with van der Waals surface area (Å²) < 4.78 is 1.67. The average Bonchev–Trinajstić information content (AvgIpc) is 2.82. The normalized spacial score (nSPS) is 10.9. The van der Waals surface area contributed by atoms with E-state index in [0.717, 1.165) is 17.3 Å². The Morgan fingerprint density at radius 3 is 2.94 bits per heavy atom. The number of H-pyrrole nitrogens is 1. The van der Waals surface area contributed by atoms with E-state index in [2.05, 4.69) is 16.0 Å². The quantitative estimate of drug-likeness (QED) is 0.759. The molecule has 0 aliphatic heterocycles. The van der Waals surface area contributed by atoms with Crippen molar-refractivity contribution in [1.29, 1.82) is 0 Å². The average molecular weight is 239 g/mol. The monoisotopic (exact) mass is 239 g/mol. The maximum absolute atomic E-state index is 11.4. The van der Waals surface area contributed by atoms with Gasteiger partial charge in [0.25, 0.3) is 0 Å². The molecule has 0 saturated heterocycles. The summed E-state index contributed by atoms with van der Waals surface area (Å²) in [5.41, 5.74) is 2.12. The van der Waals surface area contributed by atoms with E-state index < -0.39 is 0 Å². The van der Waals surface area contributed by atoms with E-state index in [1.54, 1.807) is 23.2 Å². The van der Waals surface area contributed by atoms with Crippen molar-refractivity contribution in [3.05, 3.63) is 65.0 Å². The Hall–Kier alpha value is -2.36. The summed E-state index contributed by atoms with van der Waals surface area (Å²) in [4.78, 5) is 18.4. The minimum Gasteiger partial charge on any atom is -0.313 e. The first-order valence-corrected chi connectivity index (χ1v) is 5.91. The van der Waals surface area contributed by atoms with Gasteiger partial charge in [0.15, 0.2) is 0 Å². The summed E-state index contributed by atoms with van der Waals surface area (Å²) in [7, 11) is 0. The van der Waals surface area contributed by atoms with Crippen molar-refractivity contribution < 1.29 is 0 Å². The molecule has 18 heavy (non-hydrogen) atoms. The highest BCUT2D eigenvalue weighted by molar-refractivity contribution is 5.81. The largest absolute Gasteiger partial charge is 0.325 e. The SMILES string of the molecule is O=c1[nH]ccn1CCc1cccc2cccnc12. The lowest BCUT2D eigenvalue weighted by atomic mass is 10.1. The van der Waals surface area contributed by atoms with Crippen molar-refractivity contribution in [3.63, 3.8) is 0 Å². The minimum atomic E-state index is -0.0665. The number of hydrogen-bond donors (Lipinski definition) is 1. The predicted octanol–water partition coefficient (Wildman–Crippen LogP) is 1.97. The first-order valence-electron chi connectivity index (χ1n) is 5.91. The highest BCUT2D eigenvalue weighted by Gasteiger charge is 2.02. The van der Waals surface area contributed by atoms with Crippen LogP contribution >= 0.6 is 0 Å². The first-order chi connectivity index (χ1) is 8.84. The maximum Gasteiger partial charge on any atom is 0.325 e. The molecular weight excluding hydrogens is 226 g/mol. The number of aromatic nitrogens is 3.